The summed E-state index contributed by atoms with van der Waals surface area (Å²) in [5.41, 5.74) is 6.64. The van der Waals surface area contributed by atoms with Gasteiger partial charge in [-0.05, 0) is 13.0 Å². The number of aryl methyl sites for hydroxylation is 1. The van der Waals surface area contributed by atoms with E-state index >= 15 is 0 Å². The fourth-order valence-electron chi connectivity index (χ4n) is 0.937. The zero-order valence-corrected chi connectivity index (χ0v) is 7.62. The fourth-order valence-corrected chi connectivity index (χ4v) is 0.937. The van der Waals surface area contributed by atoms with Crippen LogP contribution >= 0.6 is 0 Å². The second kappa shape index (κ2) is 4.23. The van der Waals surface area contributed by atoms with E-state index < -0.39 is 0 Å². The molecule has 1 aromatic heterocycles. The first-order valence-electron chi connectivity index (χ1n) is 4.14. The van der Waals surface area contributed by atoms with Crippen LogP contribution in [0, 0.1) is 0 Å². The molecule has 0 bridgehead atoms. The molecule has 0 fully saturated rings. The summed E-state index contributed by atoms with van der Waals surface area (Å²) in [5, 5.41) is 7.36. The monoisotopic (exact) mass is 168 g/mol. The van der Waals surface area contributed by atoms with Crippen LogP contribution in [0.5, 0.6) is 0 Å². The summed E-state index contributed by atoms with van der Waals surface area (Å²) in [7, 11) is 1.93. The van der Waals surface area contributed by atoms with Crippen molar-refractivity contribution in [2.24, 2.45) is 12.8 Å². The number of hydrogen-bond donors (Lipinski definition) is 2. The van der Waals surface area contributed by atoms with Crippen molar-refractivity contribution in [2.75, 3.05) is 6.54 Å². The lowest BCUT2D eigenvalue weighted by atomic mass is 10.3. The molecule has 0 aliphatic heterocycles. The smallest absolute Gasteiger partial charge is 0.0518 e. The summed E-state index contributed by atoms with van der Waals surface area (Å²) in [4.78, 5) is 0. The van der Waals surface area contributed by atoms with Crippen molar-refractivity contribution in [3.63, 3.8) is 0 Å². The van der Waals surface area contributed by atoms with Gasteiger partial charge >= 0.3 is 0 Å². The zero-order chi connectivity index (χ0) is 8.97. The molecule has 1 atom stereocenters. The van der Waals surface area contributed by atoms with Crippen molar-refractivity contribution in [2.45, 2.75) is 19.5 Å². The van der Waals surface area contributed by atoms with Crippen LogP contribution in [-0.4, -0.2) is 22.4 Å². The van der Waals surface area contributed by atoms with Crippen LogP contribution in [0.1, 0.15) is 12.6 Å². The molecular formula is C8H16N4. The quantitative estimate of drug-likeness (QED) is 0.657. The molecule has 0 aliphatic rings. The van der Waals surface area contributed by atoms with Crippen molar-refractivity contribution in [1.82, 2.24) is 15.1 Å². The number of aromatic nitrogens is 2. The first-order chi connectivity index (χ1) is 5.74. The van der Waals surface area contributed by atoms with Gasteiger partial charge in [-0.1, -0.05) is 0 Å². The van der Waals surface area contributed by atoms with Gasteiger partial charge in [-0.3, -0.25) is 4.68 Å². The molecule has 4 heteroatoms. The molecular weight excluding hydrogens is 152 g/mol. The highest BCUT2D eigenvalue weighted by Gasteiger charge is 2.00. The van der Waals surface area contributed by atoms with Crippen LogP contribution in [-0.2, 0) is 13.6 Å². The van der Waals surface area contributed by atoms with Gasteiger partial charge in [0.15, 0.2) is 0 Å². The van der Waals surface area contributed by atoms with Crippen LogP contribution in [0.25, 0.3) is 0 Å². The lowest BCUT2D eigenvalue weighted by molar-refractivity contribution is 0.535. The summed E-state index contributed by atoms with van der Waals surface area (Å²) in [6.07, 6.45) is 1.80. The maximum absolute atomic E-state index is 5.46. The van der Waals surface area contributed by atoms with Crippen LogP contribution in [0.15, 0.2) is 12.3 Å². The zero-order valence-electron chi connectivity index (χ0n) is 7.62. The second-order valence-electron chi connectivity index (χ2n) is 2.96. The highest BCUT2D eigenvalue weighted by Crippen LogP contribution is 1.95. The summed E-state index contributed by atoms with van der Waals surface area (Å²) in [5.74, 6) is 0. The Hall–Kier alpha value is -0.870. The van der Waals surface area contributed by atoms with E-state index in [2.05, 4.69) is 17.3 Å². The van der Waals surface area contributed by atoms with Gasteiger partial charge in [0.05, 0.1) is 5.69 Å². The highest BCUT2D eigenvalue weighted by molar-refractivity contribution is 4.99. The Balaban J connectivity index is 2.38. The Morgan fingerprint density at radius 1 is 1.75 bits per heavy atom. The third kappa shape index (κ3) is 2.32. The van der Waals surface area contributed by atoms with E-state index in [0.717, 1.165) is 6.54 Å². The summed E-state index contributed by atoms with van der Waals surface area (Å²) < 4.78 is 1.86. The minimum atomic E-state index is 0.361. The first kappa shape index (κ1) is 9.22. The van der Waals surface area contributed by atoms with E-state index in [1.54, 1.807) is 6.20 Å². The molecule has 0 saturated heterocycles. The van der Waals surface area contributed by atoms with Gasteiger partial charge < -0.3 is 11.1 Å². The predicted molar refractivity (Wildman–Crippen MR) is 48.6 cm³/mol. The Kier molecular flexibility index (Phi) is 3.25. The summed E-state index contributed by atoms with van der Waals surface area (Å²) in [6.45, 7) is 3.56. The molecule has 0 saturated carbocycles. The lowest BCUT2D eigenvalue weighted by Gasteiger charge is -2.10. The third-order valence-corrected chi connectivity index (χ3v) is 1.91. The molecule has 68 valence electrons. The van der Waals surface area contributed by atoms with Gasteiger partial charge in [0.25, 0.3) is 0 Å². The maximum atomic E-state index is 5.46. The number of nitrogens with one attached hydrogen (secondary N) is 1. The van der Waals surface area contributed by atoms with Crippen LogP contribution in [0.2, 0.25) is 0 Å². The molecule has 1 heterocycles. The van der Waals surface area contributed by atoms with Crippen molar-refractivity contribution < 1.29 is 0 Å². The highest BCUT2D eigenvalue weighted by atomic mass is 15.3. The van der Waals surface area contributed by atoms with Gasteiger partial charge in [0.1, 0.15) is 0 Å². The van der Waals surface area contributed by atoms with Crippen molar-refractivity contribution in [3.8, 4) is 0 Å². The fraction of sp³-hybridized carbons (Fsp3) is 0.625. The normalized spacial score (nSPS) is 13.2. The Labute approximate surface area is 72.8 Å². The minimum absolute atomic E-state index is 0.361. The van der Waals surface area contributed by atoms with Crippen molar-refractivity contribution in [3.05, 3.63) is 18.0 Å². The number of rotatable bonds is 4. The number of nitrogens with zero attached hydrogens (tertiary/aromatic N) is 2. The molecule has 0 aromatic carbocycles. The molecule has 0 aliphatic carbocycles. The lowest BCUT2D eigenvalue weighted by Crippen LogP contribution is -2.33. The third-order valence-electron chi connectivity index (χ3n) is 1.91. The maximum Gasteiger partial charge on any atom is 0.0518 e. The molecule has 0 amide bonds. The predicted octanol–water partition coefficient (Wildman–Crippen LogP) is -0.143. The average molecular weight is 168 g/mol. The van der Waals surface area contributed by atoms with Crippen LogP contribution < -0.4 is 11.1 Å². The first-order valence-corrected chi connectivity index (χ1v) is 4.14. The molecule has 1 aromatic rings. The van der Waals surface area contributed by atoms with Crippen molar-refractivity contribution >= 4 is 0 Å². The van der Waals surface area contributed by atoms with Gasteiger partial charge in [-0.15, -0.1) is 0 Å². The standard InChI is InChI=1S/C8H16N4/c1-7(5-9)10-6-8-3-4-11-12(8)2/h3-4,7,10H,5-6,9H2,1-2H3. The molecule has 0 radical (unpaired) electrons. The second-order valence-corrected chi connectivity index (χ2v) is 2.96. The SMILES string of the molecule is CC(CN)NCc1ccnn1C. The molecule has 4 nitrogen and oxygen atoms in total. The van der Waals surface area contributed by atoms with Gasteiger partial charge in [-0.25, -0.2) is 0 Å². The Bertz CT molecular complexity index is 231. The van der Waals surface area contributed by atoms with Crippen LogP contribution in [0.3, 0.4) is 0 Å². The van der Waals surface area contributed by atoms with Gasteiger partial charge in [-0.2, -0.15) is 5.10 Å². The van der Waals surface area contributed by atoms with Gasteiger partial charge in [0.2, 0.25) is 0 Å². The Morgan fingerprint density at radius 2 is 2.50 bits per heavy atom. The van der Waals surface area contributed by atoms with E-state index in [1.165, 1.54) is 5.69 Å². The average Bonchev–Trinajstić information content (AvgIpc) is 2.47. The van der Waals surface area contributed by atoms with E-state index in [4.69, 9.17) is 5.73 Å². The van der Waals surface area contributed by atoms with E-state index in [9.17, 15) is 0 Å². The number of hydrogen-bond acceptors (Lipinski definition) is 3. The minimum Gasteiger partial charge on any atom is -0.329 e. The van der Waals surface area contributed by atoms with Crippen LogP contribution in [0.4, 0.5) is 0 Å². The molecule has 1 unspecified atom stereocenters. The van der Waals surface area contributed by atoms with E-state index in [0.29, 0.717) is 12.6 Å². The largest absolute Gasteiger partial charge is 0.329 e. The van der Waals surface area contributed by atoms with E-state index in [1.807, 2.05) is 17.8 Å². The number of nitrogens with two attached hydrogens (primary N) is 1. The van der Waals surface area contributed by atoms with E-state index in [-0.39, 0.29) is 0 Å². The van der Waals surface area contributed by atoms with Gasteiger partial charge in [0, 0.05) is 32.4 Å². The summed E-state index contributed by atoms with van der Waals surface area (Å²) >= 11 is 0. The molecule has 3 N–H and O–H groups in total. The molecule has 1 rings (SSSR count). The molecule has 0 spiro atoms. The Morgan fingerprint density at radius 3 is 3.00 bits per heavy atom. The van der Waals surface area contributed by atoms with Crippen molar-refractivity contribution in [1.29, 1.82) is 0 Å². The topological polar surface area (TPSA) is 55.9 Å². The summed E-state index contributed by atoms with van der Waals surface area (Å²) in [6, 6.07) is 2.36. The molecule has 12 heavy (non-hydrogen) atoms.